The SMILES string of the molecule is CC(C)(C)OC(=O)[C@H](N)CCCC[C@@H](N)C(=O)OC(C)(C)C. The highest BCUT2D eigenvalue weighted by atomic mass is 16.6. The zero-order chi connectivity index (χ0) is 17.6. The number of hydrogen-bond acceptors (Lipinski definition) is 6. The fourth-order valence-electron chi connectivity index (χ4n) is 1.72. The molecule has 0 aromatic heterocycles. The lowest BCUT2D eigenvalue weighted by molar-refractivity contribution is -0.158. The fourth-order valence-corrected chi connectivity index (χ4v) is 1.72. The zero-order valence-electron chi connectivity index (χ0n) is 14.8. The molecule has 6 heteroatoms. The van der Waals surface area contributed by atoms with Crippen LogP contribution in [0.1, 0.15) is 67.2 Å². The number of carbonyl (C=O) groups is 2. The number of rotatable bonds is 7. The maximum Gasteiger partial charge on any atom is 0.323 e. The Morgan fingerprint density at radius 3 is 1.27 bits per heavy atom. The normalized spacial score (nSPS) is 15.1. The molecule has 0 fully saturated rings. The van der Waals surface area contributed by atoms with Crippen LogP contribution in [0, 0.1) is 0 Å². The third-order valence-corrected chi connectivity index (χ3v) is 2.70. The lowest BCUT2D eigenvalue weighted by atomic mass is 10.1. The van der Waals surface area contributed by atoms with E-state index in [1.165, 1.54) is 0 Å². The molecule has 130 valence electrons. The maximum absolute atomic E-state index is 11.7. The molecule has 0 bridgehead atoms. The predicted octanol–water partition coefficient (Wildman–Crippen LogP) is 1.88. The van der Waals surface area contributed by atoms with Crippen molar-refractivity contribution in [3.8, 4) is 0 Å². The highest BCUT2D eigenvalue weighted by molar-refractivity contribution is 5.76. The molecule has 0 aliphatic heterocycles. The summed E-state index contributed by atoms with van der Waals surface area (Å²) >= 11 is 0. The number of nitrogens with two attached hydrogens (primary N) is 2. The van der Waals surface area contributed by atoms with E-state index in [2.05, 4.69) is 0 Å². The van der Waals surface area contributed by atoms with Crippen LogP contribution in [0.15, 0.2) is 0 Å². The van der Waals surface area contributed by atoms with Gasteiger partial charge in [0, 0.05) is 0 Å². The third kappa shape index (κ3) is 10.6. The Hall–Kier alpha value is -1.14. The molecule has 0 radical (unpaired) electrons. The summed E-state index contributed by atoms with van der Waals surface area (Å²) in [5.74, 6) is -0.798. The van der Waals surface area contributed by atoms with Gasteiger partial charge in [-0.2, -0.15) is 0 Å². The van der Waals surface area contributed by atoms with Gasteiger partial charge >= 0.3 is 11.9 Å². The van der Waals surface area contributed by atoms with Gasteiger partial charge < -0.3 is 20.9 Å². The van der Waals surface area contributed by atoms with Crippen LogP contribution in [0.25, 0.3) is 0 Å². The first kappa shape index (κ1) is 20.9. The molecular formula is C16H32N2O4. The van der Waals surface area contributed by atoms with Crippen LogP contribution in [-0.2, 0) is 19.1 Å². The Morgan fingerprint density at radius 1 is 0.773 bits per heavy atom. The van der Waals surface area contributed by atoms with Crippen molar-refractivity contribution in [1.29, 1.82) is 0 Å². The van der Waals surface area contributed by atoms with Crippen LogP contribution in [0.5, 0.6) is 0 Å². The molecule has 0 spiro atoms. The summed E-state index contributed by atoms with van der Waals surface area (Å²) in [5.41, 5.74) is 10.5. The second-order valence-electron chi connectivity index (χ2n) is 7.56. The molecular weight excluding hydrogens is 284 g/mol. The van der Waals surface area contributed by atoms with Crippen molar-refractivity contribution in [2.45, 2.75) is 90.5 Å². The van der Waals surface area contributed by atoms with Gasteiger partial charge in [-0.3, -0.25) is 9.59 Å². The molecule has 0 saturated carbocycles. The number of esters is 2. The molecule has 0 heterocycles. The van der Waals surface area contributed by atoms with Crippen molar-refractivity contribution in [1.82, 2.24) is 0 Å². The van der Waals surface area contributed by atoms with E-state index in [0.717, 1.165) is 0 Å². The van der Waals surface area contributed by atoms with Gasteiger partial charge in [-0.25, -0.2) is 0 Å². The third-order valence-electron chi connectivity index (χ3n) is 2.70. The fraction of sp³-hybridized carbons (Fsp3) is 0.875. The quantitative estimate of drug-likeness (QED) is 0.549. The smallest absolute Gasteiger partial charge is 0.323 e. The number of carbonyl (C=O) groups excluding carboxylic acids is 2. The van der Waals surface area contributed by atoms with Crippen LogP contribution in [0.4, 0.5) is 0 Å². The molecule has 2 atom stereocenters. The molecule has 4 N–H and O–H groups in total. The monoisotopic (exact) mass is 316 g/mol. The van der Waals surface area contributed by atoms with Gasteiger partial charge in [0.15, 0.2) is 0 Å². The van der Waals surface area contributed by atoms with E-state index in [4.69, 9.17) is 20.9 Å². The van der Waals surface area contributed by atoms with Crippen molar-refractivity contribution in [3.63, 3.8) is 0 Å². The summed E-state index contributed by atoms with van der Waals surface area (Å²) in [7, 11) is 0. The molecule has 0 rings (SSSR count). The van der Waals surface area contributed by atoms with E-state index in [1.54, 1.807) is 41.5 Å². The average molecular weight is 316 g/mol. The lowest BCUT2D eigenvalue weighted by Gasteiger charge is -2.23. The van der Waals surface area contributed by atoms with Crippen LogP contribution in [-0.4, -0.2) is 35.2 Å². The number of hydrogen-bond donors (Lipinski definition) is 2. The summed E-state index contributed by atoms with van der Waals surface area (Å²) in [6.07, 6.45) is 2.43. The molecule has 0 saturated heterocycles. The summed E-state index contributed by atoms with van der Waals surface area (Å²) in [4.78, 5) is 23.4. The Bertz CT molecular complexity index is 333. The minimum Gasteiger partial charge on any atom is -0.459 e. The van der Waals surface area contributed by atoms with Crippen molar-refractivity contribution in [2.75, 3.05) is 0 Å². The lowest BCUT2D eigenvalue weighted by Crippen LogP contribution is -2.38. The van der Waals surface area contributed by atoms with E-state index < -0.39 is 35.2 Å². The standard InChI is InChI=1S/C16H32N2O4/c1-15(2,3)21-13(19)11(17)9-7-8-10-12(18)14(20)22-16(4,5)6/h11-12H,7-10,17-18H2,1-6H3/t11-,12-/m1/s1. The number of ether oxygens (including phenoxy) is 2. The van der Waals surface area contributed by atoms with Gasteiger partial charge in [0.1, 0.15) is 23.3 Å². The minimum absolute atomic E-state index is 0.399. The van der Waals surface area contributed by atoms with E-state index in [9.17, 15) is 9.59 Å². The first-order valence-corrected chi connectivity index (χ1v) is 7.79. The summed E-state index contributed by atoms with van der Waals surface area (Å²) in [6.45, 7) is 10.8. The van der Waals surface area contributed by atoms with Crippen molar-refractivity contribution in [3.05, 3.63) is 0 Å². The van der Waals surface area contributed by atoms with E-state index in [-0.39, 0.29) is 0 Å². The van der Waals surface area contributed by atoms with Gasteiger partial charge in [0.25, 0.3) is 0 Å². The van der Waals surface area contributed by atoms with Crippen molar-refractivity contribution in [2.24, 2.45) is 11.5 Å². The second-order valence-corrected chi connectivity index (χ2v) is 7.56. The first-order valence-electron chi connectivity index (χ1n) is 7.79. The van der Waals surface area contributed by atoms with Crippen LogP contribution in [0.2, 0.25) is 0 Å². The molecule has 0 aromatic rings. The Balaban J connectivity index is 3.97. The molecule has 6 nitrogen and oxygen atoms in total. The molecule has 0 unspecified atom stereocenters. The molecule has 22 heavy (non-hydrogen) atoms. The van der Waals surface area contributed by atoms with Crippen LogP contribution >= 0.6 is 0 Å². The second kappa shape index (κ2) is 8.48. The van der Waals surface area contributed by atoms with Crippen LogP contribution in [0.3, 0.4) is 0 Å². The topological polar surface area (TPSA) is 105 Å². The van der Waals surface area contributed by atoms with E-state index >= 15 is 0 Å². The Labute approximate surface area is 133 Å². The van der Waals surface area contributed by atoms with Gasteiger partial charge in [-0.15, -0.1) is 0 Å². The molecule has 0 aliphatic rings. The summed E-state index contributed by atoms with van der Waals surface area (Å²) < 4.78 is 10.4. The Kier molecular flexibility index (Phi) is 8.04. The molecule has 0 aliphatic carbocycles. The van der Waals surface area contributed by atoms with Gasteiger partial charge in [-0.1, -0.05) is 12.8 Å². The highest BCUT2D eigenvalue weighted by Crippen LogP contribution is 2.13. The predicted molar refractivity (Wildman–Crippen MR) is 86.1 cm³/mol. The average Bonchev–Trinajstić information content (AvgIpc) is 2.29. The largest absolute Gasteiger partial charge is 0.459 e. The van der Waals surface area contributed by atoms with Crippen molar-refractivity contribution < 1.29 is 19.1 Å². The molecule has 0 aromatic carbocycles. The maximum atomic E-state index is 11.7. The zero-order valence-corrected chi connectivity index (χ0v) is 14.8. The van der Waals surface area contributed by atoms with Crippen molar-refractivity contribution >= 4 is 11.9 Å². The Morgan fingerprint density at radius 2 is 1.05 bits per heavy atom. The van der Waals surface area contributed by atoms with Gasteiger partial charge in [-0.05, 0) is 54.4 Å². The molecule has 0 amide bonds. The summed E-state index contributed by atoms with van der Waals surface area (Å²) in [5, 5.41) is 0. The highest BCUT2D eigenvalue weighted by Gasteiger charge is 2.23. The van der Waals surface area contributed by atoms with Crippen LogP contribution < -0.4 is 11.5 Å². The van der Waals surface area contributed by atoms with Gasteiger partial charge in [0.2, 0.25) is 0 Å². The first-order chi connectivity index (χ1) is 9.82. The number of unbranched alkanes of at least 4 members (excludes halogenated alkanes) is 1. The summed E-state index contributed by atoms with van der Waals surface area (Å²) in [6, 6.07) is -1.28. The van der Waals surface area contributed by atoms with E-state index in [1.807, 2.05) is 0 Å². The van der Waals surface area contributed by atoms with E-state index in [0.29, 0.717) is 25.7 Å². The van der Waals surface area contributed by atoms with Gasteiger partial charge in [0.05, 0.1) is 0 Å². The minimum atomic E-state index is -0.642.